The Morgan fingerprint density at radius 3 is 2.42 bits per heavy atom. The summed E-state index contributed by atoms with van der Waals surface area (Å²) < 4.78 is 13.6. The van der Waals surface area contributed by atoms with Crippen molar-refractivity contribution in [2.75, 3.05) is 22.1 Å². The molecule has 234 valence electrons. The SMILES string of the molecule is Nc1ccccc1NC(=O)CCCC(=O)Nc1cccc(C2OC(CSc3cccc[n+]3[O-])CC(c3ccc(CO)cc3)O2)c1. The molecule has 3 atom stereocenters. The molecule has 1 fully saturated rings. The molecule has 5 rings (SSSR count). The number of thioether (sulfide) groups is 1. The van der Waals surface area contributed by atoms with E-state index in [0.717, 1.165) is 21.4 Å². The molecule has 0 spiro atoms. The average molecular weight is 629 g/mol. The van der Waals surface area contributed by atoms with Gasteiger partial charge in [-0.1, -0.05) is 60.3 Å². The Kier molecular flexibility index (Phi) is 11.0. The van der Waals surface area contributed by atoms with E-state index in [-0.39, 0.29) is 43.5 Å². The number of nitrogens with two attached hydrogens (primary N) is 1. The molecule has 1 aromatic heterocycles. The summed E-state index contributed by atoms with van der Waals surface area (Å²) in [5, 5.41) is 27.9. The van der Waals surface area contributed by atoms with Crippen molar-refractivity contribution in [3.8, 4) is 0 Å². The predicted octanol–water partition coefficient (Wildman–Crippen LogP) is 5.48. The average Bonchev–Trinajstić information content (AvgIpc) is 3.05. The van der Waals surface area contributed by atoms with Crippen LogP contribution in [0, 0.1) is 5.21 Å². The maximum absolute atomic E-state index is 12.7. The highest BCUT2D eigenvalue weighted by molar-refractivity contribution is 7.99. The highest BCUT2D eigenvalue weighted by Crippen LogP contribution is 2.39. The molecule has 1 aliphatic heterocycles. The number of aliphatic hydroxyl groups excluding tert-OH is 1. The number of nitrogen functional groups attached to an aromatic ring is 1. The molecule has 10 nitrogen and oxygen atoms in total. The molecule has 45 heavy (non-hydrogen) atoms. The van der Waals surface area contributed by atoms with E-state index in [1.54, 1.807) is 42.5 Å². The second kappa shape index (κ2) is 15.5. The molecule has 1 saturated heterocycles. The molecule has 0 bridgehead atoms. The first-order chi connectivity index (χ1) is 21.9. The van der Waals surface area contributed by atoms with Crippen LogP contribution in [-0.2, 0) is 25.7 Å². The highest BCUT2D eigenvalue weighted by Gasteiger charge is 2.33. The maximum atomic E-state index is 12.7. The number of carbonyl (C=O) groups is 2. The van der Waals surface area contributed by atoms with E-state index in [0.29, 0.717) is 40.7 Å². The molecule has 0 radical (unpaired) electrons. The van der Waals surface area contributed by atoms with Gasteiger partial charge in [0.25, 0.3) is 5.03 Å². The molecule has 4 aromatic rings. The number of carbonyl (C=O) groups excluding carboxylic acids is 2. The molecular formula is C34H36N4O6S. The van der Waals surface area contributed by atoms with Crippen molar-refractivity contribution in [3.63, 3.8) is 0 Å². The van der Waals surface area contributed by atoms with E-state index in [1.165, 1.54) is 18.0 Å². The van der Waals surface area contributed by atoms with Gasteiger partial charge in [-0.15, -0.1) is 0 Å². The second-order valence-electron chi connectivity index (χ2n) is 10.7. The minimum absolute atomic E-state index is 0.0440. The summed E-state index contributed by atoms with van der Waals surface area (Å²) in [7, 11) is 0. The zero-order valence-corrected chi connectivity index (χ0v) is 25.5. The van der Waals surface area contributed by atoms with Crippen LogP contribution < -0.4 is 21.1 Å². The van der Waals surface area contributed by atoms with E-state index in [9.17, 15) is 19.9 Å². The molecule has 3 unspecified atom stereocenters. The number of nitrogens with one attached hydrogen (secondary N) is 2. The van der Waals surface area contributed by atoms with E-state index in [1.807, 2.05) is 48.5 Å². The van der Waals surface area contributed by atoms with Crippen molar-refractivity contribution >= 4 is 40.6 Å². The molecule has 2 amide bonds. The minimum atomic E-state index is -0.715. The molecule has 2 heterocycles. The lowest BCUT2D eigenvalue weighted by Gasteiger charge is -2.36. The number of anilines is 3. The van der Waals surface area contributed by atoms with Crippen LogP contribution in [-0.4, -0.2) is 28.8 Å². The van der Waals surface area contributed by atoms with Gasteiger partial charge >= 0.3 is 0 Å². The monoisotopic (exact) mass is 628 g/mol. The Hall–Kier alpha value is -4.42. The number of pyridine rings is 1. The standard InChI is InChI=1S/C34H36N4O6S/c35-28-9-1-2-10-29(28)37-32(41)12-6-11-31(40)36-26-8-5-7-25(19-26)34-43-27(22-45-33-13-3-4-18-38(33)42)20-30(44-34)24-16-14-23(21-39)15-17-24/h1-5,7-10,13-19,27,30,34,39H,6,11-12,20-22,35H2,(H,36,40)(H,37,41). The van der Waals surface area contributed by atoms with Crippen molar-refractivity contribution in [1.82, 2.24) is 0 Å². The number of para-hydroxylation sites is 2. The Morgan fingerprint density at radius 1 is 0.911 bits per heavy atom. The summed E-state index contributed by atoms with van der Waals surface area (Å²) in [6.07, 6.45) is 1.54. The van der Waals surface area contributed by atoms with E-state index in [2.05, 4.69) is 10.6 Å². The Labute approximate surface area is 266 Å². The van der Waals surface area contributed by atoms with Crippen LogP contribution in [0.2, 0.25) is 0 Å². The number of rotatable bonds is 12. The van der Waals surface area contributed by atoms with Crippen molar-refractivity contribution in [3.05, 3.63) is 119 Å². The third-order valence-electron chi connectivity index (χ3n) is 7.31. The molecule has 11 heteroatoms. The third-order valence-corrected chi connectivity index (χ3v) is 8.46. The zero-order valence-electron chi connectivity index (χ0n) is 24.6. The van der Waals surface area contributed by atoms with Crippen LogP contribution in [0.5, 0.6) is 0 Å². The number of aromatic nitrogens is 1. The summed E-state index contributed by atoms with van der Waals surface area (Å²) in [6.45, 7) is -0.0440. The van der Waals surface area contributed by atoms with Gasteiger partial charge < -0.3 is 36.2 Å². The van der Waals surface area contributed by atoms with Crippen LogP contribution in [0.15, 0.2) is 102 Å². The minimum Gasteiger partial charge on any atom is -0.618 e. The van der Waals surface area contributed by atoms with Gasteiger partial charge in [-0.25, -0.2) is 0 Å². The summed E-state index contributed by atoms with van der Waals surface area (Å²) in [5.41, 5.74) is 10.00. The lowest BCUT2D eigenvalue weighted by atomic mass is 10.0. The summed E-state index contributed by atoms with van der Waals surface area (Å²) in [6, 6.07) is 27.2. The molecule has 1 aliphatic rings. The first-order valence-electron chi connectivity index (χ1n) is 14.7. The largest absolute Gasteiger partial charge is 0.618 e. The van der Waals surface area contributed by atoms with Gasteiger partial charge in [0.1, 0.15) is 0 Å². The van der Waals surface area contributed by atoms with Gasteiger partial charge in [-0.05, 0) is 47.9 Å². The molecular weight excluding hydrogens is 592 g/mol. The number of hydrogen-bond donors (Lipinski definition) is 4. The number of amides is 2. The van der Waals surface area contributed by atoms with Crippen LogP contribution >= 0.6 is 11.8 Å². The normalized spacial score (nSPS) is 17.8. The first-order valence-corrected chi connectivity index (χ1v) is 15.7. The Morgan fingerprint density at radius 2 is 1.67 bits per heavy atom. The fraction of sp³-hybridized carbons (Fsp3) is 0.265. The van der Waals surface area contributed by atoms with Gasteiger partial charge in [0.05, 0.1) is 30.2 Å². The number of benzene rings is 3. The zero-order chi connectivity index (χ0) is 31.6. The summed E-state index contributed by atoms with van der Waals surface area (Å²) >= 11 is 1.42. The van der Waals surface area contributed by atoms with E-state index < -0.39 is 6.29 Å². The van der Waals surface area contributed by atoms with Gasteiger partial charge in [0.2, 0.25) is 11.8 Å². The van der Waals surface area contributed by atoms with Crippen molar-refractivity contribution in [1.29, 1.82) is 0 Å². The topological polar surface area (TPSA) is 150 Å². The summed E-state index contributed by atoms with van der Waals surface area (Å²) in [5.74, 6) is 0.118. The predicted molar refractivity (Wildman–Crippen MR) is 173 cm³/mol. The number of hydrogen-bond acceptors (Lipinski definition) is 8. The molecule has 5 N–H and O–H groups in total. The highest BCUT2D eigenvalue weighted by atomic mass is 32.2. The van der Waals surface area contributed by atoms with Crippen molar-refractivity contribution in [2.24, 2.45) is 0 Å². The summed E-state index contributed by atoms with van der Waals surface area (Å²) in [4.78, 5) is 25.0. The first kappa shape index (κ1) is 32.0. The van der Waals surface area contributed by atoms with E-state index in [4.69, 9.17) is 15.2 Å². The van der Waals surface area contributed by atoms with Crippen LogP contribution in [0.1, 0.15) is 54.8 Å². The van der Waals surface area contributed by atoms with Crippen LogP contribution in [0.25, 0.3) is 0 Å². The Bertz CT molecular complexity index is 1600. The number of nitrogens with zero attached hydrogens (tertiary/aromatic N) is 1. The van der Waals surface area contributed by atoms with Gasteiger partial charge in [0.15, 0.2) is 12.5 Å². The van der Waals surface area contributed by atoms with Crippen LogP contribution in [0.4, 0.5) is 17.1 Å². The maximum Gasteiger partial charge on any atom is 0.251 e. The molecule has 3 aromatic carbocycles. The smallest absolute Gasteiger partial charge is 0.251 e. The fourth-order valence-electron chi connectivity index (χ4n) is 4.95. The number of aliphatic hydroxyl groups is 1. The molecule has 0 saturated carbocycles. The third kappa shape index (κ3) is 9.05. The number of ether oxygens (including phenoxy) is 2. The molecule has 0 aliphatic carbocycles. The second-order valence-corrected chi connectivity index (χ2v) is 11.7. The quantitative estimate of drug-likeness (QED) is 0.0697. The van der Waals surface area contributed by atoms with Gasteiger partial charge in [-0.3, -0.25) is 9.59 Å². The van der Waals surface area contributed by atoms with Gasteiger partial charge in [-0.2, -0.15) is 4.73 Å². The lowest BCUT2D eigenvalue weighted by Crippen LogP contribution is -2.32. The van der Waals surface area contributed by atoms with Crippen molar-refractivity contribution in [2.45, 2.75) is 55.8 Å². The fourth-order valence-corrected chi connectivity index (χ4v) is 5.88. The van der Waals surface area contributed by atoms with Crippen LogP contribution in [0.3, 0.4) is 0 Å². The van der Waals surface area contributed by atoms with Gasteiger partial charge in [0, 0.05) is 48.4 Å². The lowest BCUT2D eigenvalue weighted by molar-refractivity contribution is -0.645. The Balaban J connectivity index is 1.21. The van der Waals surface area contributed by atoms with Crippen molar-refractivity contribution < 1.29 is 28.9 Å². The van der Waals surface area contributed by atoms with E-state index >= 15 is 0 Å².